The lowest BCUT2D eigenvalue weighted by Gasteiger charge is -2.22. The third-order valence-corrected chi connectivity index (χ3v) is 4.02. The van der Waals surface area contributed by atoms with Gasteiger partial charge in [0, 0.05) is 26.1 Å². The number of amides is 2. The van der Waals surface area contributed by atoms with Crippen LogP contribution < -0.4 is 5.32 Å². The van der Waals surface area contributed by atoms with Crippen molar-refractivity contribution in [3.05, 3.63) is 0 Å². The lowest BCUT2D eigenvalue weighted by Crippen LogP contribution is -2.41. The minimum atomic E-state index is -0.742. The van der Waals surface area contributed by atoms with Crippen LogP contribution in [0.5, 0.6) is 0 Å². The Labute approximate surface area is 121 Å². The molecule has 0 aliphatic heterocycles. The topological polar surface area (TPSA) is 69.6 Å². The number of nitrogens with zero attached hydrogens (tertiary/aromatic N) is 1. The van der Waals surface area contributed by atoms with Crippen LogP contribution >= 0.6 is 0 Å². The third kappa shape index (κ3) is 6.78. The first-order chi connectivity index (χ1) is 9.56. The van der Waals surface area contributed by atoms with Gasteiger partial charge in [0.25, 0.3) is 0 Å². The SMILES string of the molecule is CCC(CCNC(=O)N(CC)CC1CC1)CCC(=O)O. The van der Waals surface area contributed by atoms with Crippen LogP contribution in [-0.2, 0) is 4.79 Å². The second-order valence-electron chi connectivity index (χ2n) is 5.71. The number of rotatable bonds is 10. The fourth-order valence-corrected chi connectivity index (χ4v) is 2.34. The molecule has 0 radical (unpaired) electrons. The van der Waals surface area contributed by atoms with Gasteiger partial charge in [0.1, 0.15) is 0 Å². The van der Waals surface area contributed by atoms with Crippen molar-refractivity contribution in [2.24, 2.45) is 11.8 Å². The summed E-state index contributed by atoms with van der Waals surface area (Å²) in [6.45, 7) is 6.33. The quantitative estimate of drug-likeness (QED) is 0.648. The maximum atomic E-state index is 12.0. The van der Waals surface area contributed by atoms with Gasteiger partial charge in [0.05, 0.1) is 0 Å². The van der Waals surface area contributed by atoms with Gasteiger partial charge in [-0.1, -0.05) is 13.3 Å². The zero-order valence-corrected chi connectivity index (χ0v) is 12.7. The standard InChI is InChI=1S/C15H28N2O3/c1-3-12(7-8-14(18)19)9-10-16-15(20)17(4-2)11-13-5-6-13/h12-13H,3-11H2,1-2H3,(H,16,20)(H,18,19). The summed E-state index contributed by atoms with van der Waals surface area (Å²) in [6, 6.07) is 0.0208. The van der Waals surface area contributed by atoms with E-state index in [-0.39, 0.29) is 12.5 Å². The third-order valence-electron chi connectivity index (χ3n) is 4.02. The Balaban J connectivity index is 2.19. The van der Waals surface area contributed by atoms with Crippen molar-refractivity contribution in [3.63, 3.8) is 0 Å². The molecule has 0 aromatic rings. The molecular weight excluding hydrogens is 256 g/mol. The molecule has 1 saturated carbocycles. The number of aliphatic carboxylic acids is 1. The van der Waals surface area contributed by atoms with Crippen LogP contribution in [0.15, 0.2) is 0 Å². The number of urea groups is 1. The summed E-state index contributed by atoms with van der Waals surface area (Å²) in [4.78, 5) is 24.4. The monoisotopic (exact) mass is 284 g/mol. The molecule has 1 aliphatic rings. The molecule has 1 rings (SSSR count). The molecule has 5 nitrogen and oxygen atoms in total. The molecule has 1 aliphatic carbocycles. The van der Waals surface area contributed by atoms with Crippen molar-refractivity contribution in [1.29, 1.82) is 0 Å². The van der Waals surface area contributed by atoms with Crippen molar-refractivity contribution in [1.82, 2.24) is 10.2 Å². The molecule has 116 valence electrons. The summed E-state index contributed by atoms with van der Waals surface area (Å²) in [6.07, 6.45) is 5.23. The van der Waals surface area contributed by atoms with E-state index >= 15 is 0 Å². The van der Waals surface area contributed by atoms with E-state index in [1.54, 1.807) is 0 Å². The van der Waals surface area contributed by atoms with E-state index < -0.39 is 5.97 Å². The molecule has 1 atom stereocenters. The van der Waals surface area contributed by atoms with Crippen LogP contribution in [-0.4, -0.2) is 41.6 Å². The second kappa shape index (κ2) is 8.82. The molecule has 0 bridgehead atoms. The number of carbonyl (C=O) groups is 2. The largest absolute Gasteiger partial charge is 0.481 e. The number of carbonyl (C=O) groups excluding carboxylic acids is 1. The molecule has 2 N–H and O–H groups in total. The summed E-state index contributed by atoms with van der Waals surface area (Å²) in [5.74, 6) is 0.346. The van der Waals surface area contributed by atoms with E-state index in [2.05, 4.69) is 12.2 Å². The Hall–Kier alpha value is -1.26. The Kier molecular flexibility index (Phi) is 7.41. The van der Waals surface area contributed by atoms with Gasteiger partial charge in [-0.2, -0.15) is 0 Å². The predicted molar refractivity (Wildman–Crippen MR) is 78.6 cm³/mol. The van der Waals surface area contributed by atoms with Crippen molar-refractivity contribution >= 4 is 12.0 Å². The van der Waals surface area contributed by atoms with Crippen LogP contribution in [0.3, 0.4) is 0 Å². The molecule has 1 fully saturated rings. The highest BCUT2D eigenvalue weighted by Crippen LogP contribution is 2.29. The summed E-state index contributed by atoms with van der Waals surface area (Å²) in [7, 11) is 0. The molecule has 0 aromatic carbocycles. The van der Waals surface area contributed by atoms with E-state index in [1.165, 1.54) is 12.8 Å². The predicted octanol–water partition coefficient (Wildman–Crippen LogP) is 2.71. The summed E-state index contributed by atoms with van der Waals surface area (Å²) < 4.78 is 0. The van der Waals surface area contributed by atoms with E-state index in [1.807, 2.05) is 11.8 Å². The molecule has 0 heterocycles. The molecule has 0 aromatic heterocycles. The Bertz CT molecular complexity index is 316. The Morgan fingerprint density at radius 2 is 2.00 bits per heavy atom. The van der Waals surface area contributed by atoms with Gasteiger partial charge >= 0.3 is 12.0 Å². The van der Waals surface area contributed by atoms with Crippen molar-refractivity contribution in [3.8, 4) is 0 Å². The Morgan fingerprint density at radius 1 is 1.30 bits per heavy atom. The maximum absolute atomic E-state index is 12.0. The molecule has 2 amide bonds. The minimum absolute atomic E-state index is 0.0208. The first-order valence-corrected chi connectivity index (χ1v) is 7.81. The zero-order chi connectivity index (χ0) is 15.0. The van der Waals surface area contributed by atoms with Gasteiger partial charge in [-0.25, -0.2) is 4.79 Å². The van der Waals surface area contributed by atoms with E-state index in [0.717, 1.165) is 25.9 Å². The fraction of sp³-hybridized carbons (Fsp3) is 0.867. The van der Waals surface area contributed by atoms with E-state index in [9.17, 15) is 9.59 Å². The highest BCUT2D eigenvalue weighted by molar-refractivity contribution is 5.74. The first-order valence-electron chi connectivity index (χ1n) is 7.81. The van der Waals surface area contributed by atoms with Crippen molar-refractivity contribution in [2.45, 2.75) is 52.4 Å². The minimum Gasteiger partial charge on any atom is -0.481 e. The highest BCUT2D eigenvalue weighted by atomic mass is 16.4. The average Bonchev–Trinajstić information content (AvgIpc) is 3.23. The highest BCUT2D eigenvalue weighted by Gasteiger charge is 2.25. The van der Waals surface area contributed by atoms with Crippen LogP contribution in [0.2, 0.25) is 0 Å². The van der Waals surface area contributed by atoms with Gasteiger partial charge in [-0.3, -0.25) is 4.79 Å². The maximum Gasteiger partial charge on any atom is 0.317 e. The fourth-order valence-electron chi connectivity index (χ4n) is 2.34. The molecule has 0 saturated heterocycles. The molecular formula is C15H28N2O3. The number of carboxylic acid groups (broad SMARTS) is 1. The van der Waals surface area contributed by atoms with E-state index in [0.29, 0.717) is 24.8 Å². The average molecular weight is 284 g/mol. The lowest BCUT2D eigenvalue weighted by atomic mass is 9.97. The number of carboxylic acids is 1. The summed E-state index contributed by atoms with van der Waals surface area (Å²) >= 11 is 0. The van der Waals surface area contributed by atoms with Crippen molar-refractivity contribution < 1.29 is 14.7 Å². The second-order valence-corrected chi connectivity index (χ2v) is 5.71. The molecule has 1 unspecified atom stereocenters. The van der Waals surface area contributed by atoms with E-state index in [4.69, 9.17) is 5.11 Å². The van der Waals surface area contributed by atoms with Crippen LogP contribution in [0.4, 0.5) is 4.79 Å². The van der Waals surface area contributed by atoms with Gasteiger partial charge in [-0.05, 0) is 44.4 Å². The van der Waals surface area contributed by atoms with Gasteiger partial charge < -0.3 is 15.3 Å². The van der Waals surface area contributed by atoms with Gasteiger partial charge in [0.15, 0.2) is 0 Å². The normalized spacial score (nSPS) is 15.7. The summed E-state index contributed by atoms with van der Waals surface area (Å²) in [5, 5.41) is 11.6. The Morgan fingerprint density at radius 3 is 2.50 bits per heavy atom. The van der Waals surface area contributed by atoms with Crippen LogP contribution in [0.25, 0.3) is 0 Å². The van der Waals surface area contributed by atoms with Gasteiger partial charge in [-0.15, -0.1) is 0 Å². The molecule has 20 heavy (non-hydrogen) atoms. The molecule has 5 heteroatoms. The first kappa shape index (κ1) is 16.8. The smallest absolute Gasteiger partial charge is 0.317 e. The summed E-state index contributed by atoms with van der Waals surface area (Å²) in [5.41, 5.74) is 0. The number of hydrogen-bond donors (Lipinski definition) is 2. The van der Waals surface area contributed by atoms with Crippen LogP contribution in [0.1, 0.15) is 52.4 Å². The van der Waals surface area contributed by atoms with Gasteiger partial charge in [0.2, 0.25) is 0 Å². The van der Waals surface area contributed by atoms with Crippen molar-refractivity contribution in [2.75, 3.05) is 19.6 Å². The number of hydrogen-bond acceptors (Lipinski definition) is 2. The van der Waals surface area contributed by atoms with Crippen LogP contribution in [0, 0.1) is 11.8 Å². The zero-order valence-electron chi connectivity index (χ0n) is 12.7. The molecule has 0 spiro atoms. The number of nitrogens with one attached hydrogen (secondary N) is 1. The lowest BCUT2D eigenvalue weighted by molar-refractivity contribution is -0.137.